The Hall–Kier alpha value is -0.950. The van der Waals surface area contributed by atoms with Gasteiger partial charge in [0, 0.05) is 6.26 Å². The van der Waals surface area contributed by atoms with E-state index < -0.39 is 25.0 Å². The fraction of sp³-hybridized carbons (Fsp3) is 0.250. The Morgan fingerprint density at radius 1 is 1.20 bits per heavy atom. The van der Waals surface area contributed by atoms with Crippen LogP contribution in [0.2, 0.25) is 0 Å². The van der Waals surface area contributed by atoms with E-state index in [1.54, 1.807) is 0 Å². The molecule has 0 bridgehead atoms. The SMILES string of the molecule is CS(=O)(=O)Cc1cccc(S(=O)(=O)F)c1. The van der Waals surface area contributed by atoms with Crippen molar-refractivity contribution in [1.29, 1.82) is 0 Å². The molecule has 0 spiro atoms. The predicted molar refractivity (Wildman–Crippen MR) is 53.3 cm³/mol. The molecule has 84 valence electrons. The van der Waals surface area contributed by atoms with Crippen molar-refractivity contribution < 1.29 is 20.7 Å². The minimum Gasteiger partial charge on any atom is -0.229 e. The molecule has 0 unspecified atom stereocenters. The van der Waals surface area contributed by atoms with Crippen LogP contribution in [-0.2, 0) is 25.8 Å². The normalized spacial score (nSPS) is 12.7. The molecule has 0 saturated carbocycles. The number of sulfone groups is 1. The van der Waals surface area contributed by atoms with E-state index in [0.717, 1.165) is 18.4 Å². The molecule has 1 rings (SSSR count). The van der Waals surface area contributed by atoms with Crippen molar-refractivity contribution in [3.8, 4) is 0 Å². The largest absolute Gasteiger partial charge is 0.332 e. The zero-order chi connectivity index (χ0) is 11.7. The molecule has 0 aliphatic heterocycles. The van der Waals surface area contributed by atoms with Crippen LogP contribution in [0.5, 0.6) is 0 Å². The maximum atomic E-state index is 12.6. The molecule has 1 aromatic carbocycles. The lowest BCUT2D eigenvalue weighted by Crippen LogP contribution is -2.01. The second-order valence-electron chi connectivity index (χ2n) is 3.16. The van der Waals surface area contributed by atoms with E-state index in [2.05, 4.69) is 0 Å². The standard InChI is InChI=1S/C8H9FO4S2/c1-14(10,11)6-7-3-2-4-8(5-7)15(9,12)13/h2-5H,6H2,1H3. The fourth-order valence-electron chi connectivity index (χ4n) is 1.09. The lowest BCUT2D eigenvalue weighted by atomic mass is 10.2. The highest BCUT2D eigenvalue weighted by Gasteiger charge is 2.13. The van der Waals surface area contributed by atoms with Crippen molar-refractivity contribution in [2.45, 2.75) is 10.6 Å². The second kappa shape index (κ2) is 3.90. The van der Waals surface area contributed by atoms with Crippen LogP contribution in [0.3, 0.4) is 0 Å². The molecule has 0 aliphatic carbocycles. The van der Waals surface area contributed by atoms with E-state index in [1.165, 1.54) is 12.1 Å². The highest BCUT2D eigenvalue weighted by molar-refractivity contribution is 7.89. The van der Waals surface area contributed by atoms with E-state index in [-0.39, 0.29) is 11.3 Å². The first-order valence-electron chi connectivity index (χ1n) is 3.90. The second-order valence-corrected chi connectivity index (χ2v) is 6.64. The minimum atomic E-state index is -4.78. The van der Waals surface area contributed by atoms with Crippen molar-refractivity contribution >= 4 is 20.1 Å². The van der Waals surface area contributed by atoms with Gasteiger partial charge in [-0.05, 0) is 17.7 Å². The number of halogens is 1. The Labute approximate surface area is 87.9 Å². The summed E-state index contributed by atoms with van der Waals surface area (Å²) in [6, 6.07) is 4.81. The average molecular weight is 252 g/mol. The van der Waals surface area contributed by atoms with Gasteiger partial charge in [-0.3, -0.25) is 0 Å². The third kappa shape index (κ3) is 3.96. The summed E-state index contributed by atoms with van der Waals surface area (Å²) in [4.78, 5) is -0.524. The molecule has 0 aromatic heterocycles. The molecule has 1 aromatic rings. The topological polar surface area (TPSA) is 68.3 Å². The predicted octanol–water partition coefficient (Wildman–Crippen LogP) is 0.889. The summed E-state index contributed by atoms with van der Waals surface area (Å²) in [5.41, 5.74) is 0.247. The van der Waals surface area contributed by atoms with Gasteiger partial charge in [0.25, 0.3) is 0 Å². The van der Waals surface area contributed by atoms with Crippen LogP contribution >= 0.6 is 0 Å². The Balaban J connectivity index is 3.15. The molecule has 0 atom stereocenters. The molecule has 0 radical (unpaired) electrons. The van der Waals surface area contributed by atoms with Crippen LogP contribution in [0, 0.1) is 0 Å². The molecular formula is C8H9FO4S2. The van der Waals surface area contributed by atoms with E-state index in [4.69, 9.17) is 0 Å². The van der Waals surface area contributed by atoms with Crippen molar-refractivity contribution in [1.82, 2.24) is 0 Å². The molecule has 0 fully saturated rings. The number of hydrogen-bond acceptors (Lipinski definition) is 4. The maximum absolute atomic E-state index is 12.6. The van der Waals surface area contributed by atoms with Crippen LogP contribution in [0.4, 0.5) is 3.89 Å². The molecule has 15 heavy (non-hydrogen) atoms. The first-order chi connectivity index (χ1) is 6.68. The summed E-state index contributed by atoms with van der Waals surface area (Å²) in [6.07, 6.45) is 1.02. The van der Waals surface area contributed by atoms with Crippen molar-refractivity contribution in [2.24, 2.45) is 0 Å². The van der Waals surface area contributed by atoms with E-state index in [0.29, 0.717) is 0 Å². The van der Waals surface area contributed by atoms with Gasteiger partial charge >= 0.3 is 10.2 Å². The number of hydrogen-bond donors (Lipinski definition) is 0. The van der Waals surface area contributed by atoms with Gasteiger partial charge in [-0.25, -0.2) is 8.42 Å². The zero-order valence-corrected chi connectivity index (χ0v) is 9.48. The number of rotatable bonds is 3. The van der Waals surface area contributed by atoms with Crippen LogP contribution in [-0.4, -0.2) is 23.1 Å². The summed E-state index contributed by atoms with van der Waals surface area (Å²) >= 11 is 0. The third-order valence-corrected chi connectivity index (χ3v) is 3.28. The molecule has 0 heterocycles. The summed E-state index contributed by atoms with van der Waals surface area (Å²) < 4.78 is 55.5. The summed E-state index contributed by atoms with van der Waals surface area (Å²) in [5.74, 6) is -0.309. The van der Waals surface area contributed by atoms with E-state index in [1.807, 2.05) is 0 Å². The van der Waals surface area contributed by atoms with Gasteiger partial charge in [-0.2, -0.15) is 8.42 Å². The molecule has 4 nitrogen and oxygen atoms in total. The molecule has 0 aliphatic rings. The van der Waals surface area contributed by atoms with E-state index >= 15 is 0 Å². The molecule has 0 N–H and O–H groups in total. The first kappa shape index (κ1) is 12.1. The molecule has 0 saturated heterocycles. The highest BCUT2D eigenvalue weighted by atomic mass is 32.3. The van der Waals surface area contributed by atoms with E-state index in [9.17, 15) is 20.7 Å². The minimum absolute atomic E-state index is 0.247. The van der Waals surface area contributed by atoms with Gasteiger partial charge in [-0.15, -0.1) is 3.89 Å². The maximum Gasteiger partial charge on any atom is 0.332 e. The van der Waals surface area contributed by atoms with Gasteiger partial charge in [0.05, 0.1) is 10.6 Å². The Kier molecular flexibility index (Phi) is 3.15. The van der Waals surface area contributed by atoms with Gasteiger partial charge in [-0.1, -0.05) is 12.1 Å². The Bertz CT molecular complexity index is 560. The van der Waals surface area contributed by atoms with Crippen molar-refractivity contribution in [3.05, 3.63) is 29.8 Å². The van der Waals surface area contributed by atoms with Crippen LogP contribution in [0.15, 0.2) is 29.2 Å². The monoisotopic (exact) mass is 252 g/mol. The molecular weight excluding hydrogens is 243 g/mol. The van der Waals surface area contributed by atoms with Gasteiger partial charge in [0.2, 0.25) is 0 Å². The zero-order valence-electron chi connectivity index (χ0n) is 7.84. The Morgan fingerprint density at radius 2 is 1.80 bits per heavy atom. The summed E-state index contributed by atoms with van der Waals surface area (Å²) in [5, 5.41) is 0. The first-order valence-corrected chi connectivity index (χ1v) is 7.34. The van der Waals surface area contributed by atoms with Crippen LogP contribution in [0.1, 0.15) is 5.56 Å². The van der Waals surface area contributed by atoms with Gasteiger partial charge < -0.3 is 0 Å². The number of benzene rings is 1. The highest BCUT2D eigenvalue weighted by Crippen LogP contribution is 2.15. The quantitative estimate of drug-likeness (QED) is 0.749. The van der Waals surface area contributed by atoms with Gasteiger partial charge in [0.15, 0.2) is 9.84 Å². The van der Waals surface area contributed by atoms with Crippen molar-refractivity contribution in [3.63, 3.8) is 0 Å². The summed E-state index contributed by atoms with van der Waals surface area (Å²) in [6.45, 7) is 0. The lowest BCUT2D eigenvalue weighted by Gasteiger charge is -2.00. The Morgan fingerprint density at radius 3 is 2.27 bits per heavy atom. The van der Waals surface area contributed by atoms with Crippen molar-refractivity contribution in [2.75, 3.05) is 6.26 Å². The smallest absolute Gasteiger partial charge is 0.229 e. The van der Waals surface area contributed by atoms with Gasteiger partial charge in [0.1, 0.15) is 0 Å². The summed E-state index contributed by atoms with van der Waals surface area (Å²) in [7, 11) is -8.03. The van der Waals surface area contributed by atoms with Crippen LogP contribution in [0.25, 0.3) is 0 Å². The third-order valence-electron chi connectivity index (χ3n) is 1.61. The molecule has 0 amide bonds. The lowest BCUT2D eigenvalue weighted by molar-refractivity contribution is 0.551. The average Bonchev–Trinajstić information content (AvgIpc) is 1.99. The fourth-order valence-corrected chi connectivity index (χ4v) is 2.41. The molecule has 7 heteroatoms. The van der Waals surface area contributed by atoms with Crippen LogP contribution < -0.4 is 0 Å².